The molecule has 2 rings (SSSR count). The van der Waals surface area contributed by atoms with Crippen molar-refractivity contribution in [2.24, 2.45) is 0 Å². The molecule has 0 heterocycles. The molecule has 142 valence electrons. The fourth-order valence-electron chi connectivity index (χ4n) is 2.24. The van der Waals surface area contributed by atoms with Gasteiger partial charge in [-0.05, 0) is 29.8 Å². The molecule has 0 fully saturated rings. The van der Waals surface area contributed by atoms with Crippen molar-refractivity contribution in [2.75, 3.05) is 20.8 Å². The first-order chi connectivity index (χ1) is 12.9. The Morgan fingerprint density at radius 3 is 2.33 bits per heavy atom. The summed E-state index contributed by atoms with van der Waals surface area (Å²) in [6.07, 6.45) is 0. The van der Waals surface area contributed by atoms with Crippen molar-refractivity contribution >= 4 is 17.5 Å². The monoisotopic (exact) mass is 373 g/mol. The lowest BCUT2D eigenvalue weighted by atomic mass is 10.1. The number of nitro benzene ring substituents is 1. The van der Waals surface area contributed by atoms with Gasteiger partial charge in [-0.1, -0.05) is 12.1 Å². The third-order valence-corrected chi connectivity index (χ3v) is 3.70. The first-order valence-electron chi connectivity index (χ1n) is 7.95. The van der Waals surface area contributed by atoms with Crippen LogP contribution in [0.5, 0.6) is 11.5 Å². The van der Waals surface area contributed by atoms with Crippen LogP contribution in [0.2, 0.25) is 0 Å². The third-order valence-electron chi connectivity index (χ3n) is 3.70. The van der Waals surface area contributed by atoms with Crippen molar-refractivity contribution in [3.8, 4) is 11.5 Å². The second-order valence-corrected chi connectivity index (χ2v) is 5.45. The van der Waals surface area contributed by atoms with Crippen LogP contribution in [0.4, 0.5) is 5.69 Å². The van der Waals surface area contributed by atoms with Crippen LogP contribution >= 0.6 is 0 Å². The minimum atomic E-state index is -0.642. The average Bonchev–Trinajstić information content (AvgIpc) is 2.70. The number of nitro groups is 1. The van der Waals surface area contributed by atoms with Gasteiger partial charge in [-0.3, -0.25) is 19.7 Å². The van der Waals surface area contributed by atoms with Gasteiger partial charge in [-0.15, -0.1) is 0 Å². The van der Waals surface area contributed by atoms with Gasteiger partial charge in [0, 0.05) is 18.2 Å². The number of carbonyl (C=O) groups is 2. The predicted molar refractivity (Wildman–Crippen MR) is 96.8 cm³/mol. The lowest BCUT2D eigenvalue weighted by Gasteiger charge is -2.08. The van der Waals surface area contributed by atoms with Crippen LogP contribution in [0.3, 0.4) is 0 Å². The third kappa shape index (κ3) is 5.43. The highest BCUT2D eigenvalue weighted by molar-refractivity contribution is 5.97. The number of benzene rings is 2. The van der Waals surface area contributed by atoms with Crippen LogP contribution in [0.25, 0.3) is 0 Å². The quantitative estimate of drug-likeness (QED) is 0.536. The Kier molecular flexibility index (Phi) is 6.70. The minimum Gasteiger partial charge on any atom is -0.497 e. The summed E-state index contributed by atoms with van der Waals surface area (Å²) in [7, 11) is 2.87. The molecule has 2 amide bonds. The van der Waals surface area contributed by atoms with E-state index in [9.17, 15) is 19.7 Å². The van der Waals surface area contributed by atoms with Crippen LogP contribution in [0, 0.1) is 10.1 Å². The molecule has 0 aliphatic heterocycles. The van der Waals surface area contributed by atoms with Crippen molar-refractivity contribution in [1.29, 1.82) is 0 Å². The summed E-state index contributed by atoms with van der Waals surface area (Å²) in [6, 6.07) is 11.0. The van der Waals surface area contributed by atoms with E-state index < -0.39 is 10.8 Å². The lowest BCUT2D eigenvalue weighted by molar-refractivity contribution is -0.385. The van der Waals surface area contributed by atoms with Gasteiger partial charge >= 0.3 is 5.69 Å². The van der Waals surface area contributed by atoms with Crippen molar-refractivity contribution in [1.82, 2.24) is 10.6 Å². The molecule has 27 heavy (non-hydrogen) atoms. The van der Waals surface area contributed by atoms with Crippen LogP contribution in [0.1, 0.15) is 15.9 Å². The summed E-state index contributed by atoms with van der Waals surface area (Å²) >= 11 is 0. The van der Waals surface area contributed by atoms with Gasteiger partial charge < -0.3 is 20.1 Å². The smallest absolute Gasteiger partial charge is 0.311 e. The van der Waals surface area contributed by atoms with E-state index in [4.69, 9.17) is 9.47 Å². The Balaban J connectivity index is 1.88. The molecule has 0 atom stereocenters. The van der Waals surface area contributed by atoms with Crippen molar-refractivity contribution in [3.05, 3.63) is 63.7 Å². The summed E-state index contributed by atoms with van der Waals surface area (Å²) in [4.78, 5) is 34.3. The number of nitrogens with zero attached hydrogens (tertiary/aromatic N) is 1. The van der Waals surface area contributed by atoms with Gasteiger partial charge in [-0.25, -0.2) is 0 Å². The van der Waals surface area contributed by atoms with Gasteiger partial charge in [0.2, 0.25) is 5.91 Å². The largest absolute Gasteiger partial charge is 0.497 e. The first kappa shape index (κ1) is 19.7. The van der Waals surface area contributed by atoms with Gasteiger partial charge in [0.15, 0.2) is 5.75 Å². The molecule has 0 spiro atoms. The van der Waals surface area contributed by atoms with Gasteiger partial charge in [0.05, 0.1) is 25.7 Å². The Bertz CT molecular complexity index is 835. The SMILES string of the molecule is COc1ccc(CNC(=O)CNC(=O)c2ccc(OC)c([N+](=O)[O-])c2)cc1. The Labute approximate surface area is 155 Å². The molecular formula is C18H19N3O6. The molecule has 9 heteroatoms. The molecular weight excluding hydrogens is 354 g/mol. The van der Waals surface area contributed by atoms with Gasteiger partial charge in [0.1, 0.15) is 5.75 Å². The number of rotatable bonds is 8. The molecule has 0 unspecified atom stereocenters. The van der Waals surface area contributed by atoms with Crippen molar-refractivity contribution in [3.63, 3.8) is 0 Å². The maximum absolute atomic E-state index is 12.1. The molecule has 0 aliphatic rings. The van der Waals surface area contributed by atoms with Gasteiger partial charge in [-0.2, -0.15) is 0 Å². The number of carbonyl (C=O) groups excluding carboxylic acids is 2. The standard InChI is InChI=1S/C18H19N3O6/c1-26-14-6-3-12(4-7-14)10-19-17(22)11-20-18(23)13-5-8-16(27-2)15(9-13)21(24)25/h3-9H,10-11H2,1-2H3,(H,19,22)(H,20,23). The Hall–Kier alpha value is -3.62. The van der Waals surface area contributed by atoms with Crippen LogP contribution in [-0.2, 0) is 11.3 Å². The Morgan fingerprint density at radius 1 is 1.04 bits per heavy atom. The number of hydrogen-bond donors (Lipinski definition) is 2. The normalized spacial score (nSPS) is 10.0. The van der Waals surface area contributed by atoms with E-state index in [1.807, 2.05) is 12.1 Å². The van der Waals surface area contributed by atoms with Crippen LogP contribution in [-0.4, -0.2) is 37.5 Å². The highest BCUT2D eigenvalue weighted by Crippen LogP contribution is 2.27. The number of amides is 2. The average molecular weight is 373 g/mol. The summed E-state index contributed by atoms with van der Waals surface area (Å²) < 4.78 is 9.94. The fourth-order valence-corrected chi connectivity index (χ4v) is 2.24. The van der Waals surface area contributed by atoms with E-state index in [1.165, 1.54) is 19.2 Å². The maximum Gasteiger partial charge on any atom is 0.311 e. The number of ether oxygens (including phenoxy) is 2. The Morgan fingerprint density at radius 2 is 1.74 bits per heavy atom. The molecule has 0 aromatic heterocycles. The van der Waals surface area contributed by atoms with E-state index in [2.05, 4.69) is 10.6 Å². The zero-order valence-corrected chi connectivity index (χ0v) is 14.9. The zero-order valence-electron chi connectivity index (χ0n) is 14.9. The van der Waals surface area contributed by atoms with Gasteiger partial charge in [0.25, 0.3) is 5.91 Å². The van der Waals surface area contributed by atoms with E-state index in [0.29, 0.717) is 12.3 Å². The second kappa shape index (κ2) is 9.18. The minimum absolute atomic E-state index is 0.0498. The maximum atomic E-state index is 12.1. The summed E-state index contributed by atoms with van der Waals surface area (Å²) in [6.45, 7) is 0.0432. The summed E-state index contributed by atoms with van der Waals surface area (Å²) in [5.41, 5.74) is 0.612. The molecule has 2 N–H and O–H groups in total. The summed E-state index contributed by atoms with van der Waals surface area (Å²) in [5.74, 6) is -0.220. The van der Waals surface area contributed by atoms with Crippen molar-refractivity contribution < 1.29 is 24.0 Å². The van der Waals surface area contributed by atoms with E-state index >= 15 is 0 Å². The van der Waals surface area contributed by atoms with E-state index in [0.717, 1.165) is 11.6 Å². The highest BCUT2D eigenvalue weighted by Gasteiger charge is 2.18. The molecule has 9 nitrogen and oxygen atoms in total. The van der Waals surface area contributed by atoms with Crippen LogP contribution in [0.15, 0.2) is 42.5 Å². The number of nitrogens with one attached hydrogen (secondary N) is 2. The molecule has 0 aliphatic carbocycles. The summed E-state index contributed by atoms with van der Waals surface area (Å²) in [5, 5.41) is 16.1. The molecule has 2 aromatic carbocycles. The second-order valence-electron chi connectivity index (χ2n) is 5.45. The molecule has 2 aromatic rings. The molecule has 0 saturated carbocycles. The van der Waals surface area contributed by atoms with E-state index in [1.54, 1.807) is 19.2 Å². The molecule has 0 saturated heterocycles. The van der Waals surface area contributed by atoms with Crippen LogP contribution < -0.4 is 20.1 Å². The molecule has 0 bridgehead atoms. The highest BCUT2D eigenvalue weighted by atomic mass is 16.6. The molecule has 0 radical (unpaired) electrons. The fraction of sp³-hybridized carbons (Fsp3) is 0.222. The number of hydrogen-bond acceptors (Lipinski definition) is 6. The van der Waals surface area contributed by atoms with Crippen molar-refractivity contribution in [2.45, 2.75) is 6.54 Å². The van der Waals surface area contributed by atoms with E-state index in [-0.39, 0.29) is 29.5 Å². The number of methoxy groups -OCH3 is 2. The lowest BCUT2D eigenvalue weighted by Crippen LogP contribution is -2.36. The first-order valence-corrected chi connectivity index (χ1v) is 7.95. The topological polar surface area (TPSA) is 120 Å². The zero-order chi connectivity index (χ0) is 19.8. The predicted octanol–water partition coefficient (Wildman–Crippen LogP) is 1.66.